The van der Waals surface area contributed by atoms with E-state index in [1.54, 1.807) is 22.4 Å². The van der Waals surface area contributed by atoms with Crippen LogP contribution in [0.4, 0.5) is 0 Å². The van der Waals surface area contributed by atoms with E-state index in [1.807, 2.05) is 6.07 Å². The van der Waals surface area contributed by atoms with E-state index in [0.717, 1.165) is 5.52 Å². The summed E-state index contributed by atoms with van der Waals surface area (Å²) in [6.07, 6.45) is 3.86. The third kappa shape index (κ3) is 1.48. The molecule has 2 aromatic heterocycles. The molecule has 0 bridgehead atoms. The van der Waals surface area contributed by atoms with Gasteiger partial charge in [0.1, 0.15) is 5.52 Å². The topological polar surface area (TPSA) is 27.1 Å². The van der Waals surface area contributed by atoms with Gasteiger partial charge in [-0.2, -0.15) is 0 Å². The monoisotopic (exact) mass is 320 g/mol. The van der Waals surface area contributed by atoms with Gasteiger partial charge in [0.25, 0.3) is 0 Å². The van der Waals surface area contributed by atoms with E-state index in [4.69, 9.17) is 4.74 Å². The van der Waals surface area contributed by atoms with Crippen LogP contribution in [-0.2, 0) is 0 Å². The number of pyridine rings is 1. The number of rotatable bonds is 2. The zero-order valence-electron chi connectivity index (χ0n) is 7.82. The lowest BCUT2D eigenvalue weighted by Crippen LogP contribution is -1.90. The van der Waals surface area contributed by atoms with Gasteiger partial charge in [0.2, 0.25) is 5.88 Å². The SMILES string of the molecule is COc1nccc2c(C)cn(SI)c12. The van der Waals surface area contributed by atoms with E-state index in [2.05, 4.69) is 43.3 Å². The Labute approximate surface area is 98.6 Å². The van der Waals surface area contributed by atoms with Gasteiger partial charge in [-0.05, 0) is 18.6 Å². The van der Waals surface area contributed by atoms with E-state index >= 15 is 0 Å². The van der Waals surface area contributed by atoms with E-state index in [-0.39, 0.29) is 0 Å². The number of nitrogens with zero attached hydrogens (tertiary/aromatic N) is 2. The maximum atomic E-state index is 5.23. The van der Waals surface area contributed by atoms with Gasteiger partial charge in [-0.15, -0.1) is 0 Å². The predicted molar refractivity (Wildman–Crippen MR) is 68.0 cm³/mol. The van der Waals surface area contributed by atoms with Crippen molar-refractivity contribution in [3.63, 3.8) is 0 Å². The second-order valence-corrected chi connectivity index (χ2v) is 4.64. The standard InChI is InChI=1S/C9H9IN2OS/c1-6-5-12(14-10)8-7(6)3-4-11-9(8)13-2/h3-5H,1-2H3. The molecule has 0 unspecified atom stereocenters. The van der Waals surface area contributed by atoms with Gasteiger partial charge in [0.05, 0.1) is 7.11 Å². The van der Waals surface area contributed by atoms with Gasteiger partial charge in [0.15, 0.2) is 0 Å². The van der Waals surface area contributed by atoms with Crippen LogP contribution in [-0.4, -0.2) is 16.1 Å². The van der Waals surface area contributed by atoms with Crippen molar-refractivity contribution in [1.82, 2.24) is 8.96 Å². The molecule has 0 N–H and O–H groups in total. The second kappa shape index (κ2) is 3.98. The summed E-state index contributed by atoms with van der Waals surface area (Å²) in [6.45, 7) is 2.09. The smallest absolute Gasteiger partial charge is 0.239 e. The molecule has 0 aromatic carbocycles. The molecule has 0 saturated carbocycles. The first kappa shape index (κ1) is 10.1. The van der Waals surface area contributed by atoms with Crippen LogP contribution in [0.3, 0.4) is 0 Å². The van der Waals surface area contributed by atoms with Crippen molar-refractivity contribution in [1.29, 1.82) is 0 Å². The number of fused-ring (bicyclic) bond motifs is 1. The number of methoxy groups -OCH3 is 1. The van der Waals surface area contributed by atoms with Crippen LogP contribution in [0.2, 0.25) is 0 Å². The van der Waals surface area contributed by atoms with Crippen molar-refractivity contribution in [2.24, 2.45) is 0 Å². The molecule has 0 aliphatic rings. The van der Waals surface area contributed by atoms with Gasteiger partial charge >= 0.3 is 0 Å². The Morgan fingerprint density at radius 3 is 3.00 bits per heavy atom. The fourth-order valence-electron chi connectivity index (χ4n) is 1.48. The maximum absolute atomic E-state index is 5.23. The zero-order chi connectivity index (χ0) is 10.1. The van der Waals surface area contributed by atoms with Crippen molar-refractivity contribution in [3.8, 4) is 5.88 Å². The van der Waals surface area contributed by atoms with Crippen LogP contribution >= 0.6 is 30.3 Å². The molecule has 0 amide bonds. The summed E-state index contributed by atoms with van der Waals surface area (Å²) in [5.74, 6) is 0.680. The summed E-state index contributed by atoms with van der Waals surface area (Å²) < 4.78 is 7.30. The molecule has 2 heterocycles. The molecule has 14 heavy (non-hydrogen) atoms. The lowest BCUT2D eigenvalue weighted by molar-refractivity contribution is 0.402. The van der Waals surface area contributed by atoms with Crippen molar-refractivity contribution in [2.45, 2.75) is 6.92 Å². The summed E-state index contributed by atoms with van der Waals surface area (Å²) in [7, 11) is 3.26. The van der Waals surface area contributed by atoms with Crippen LogP contribution in [0.25, 0.3) is 10.9 Å². The fraction of sp³-hybridized carbons (Fsp3) is 0.222. The van der Waals surface area contributed by atoms with Crippen molar-refractivity contribution in [2.75, 3.05) is 7.11 Å². The molecule has 0 radical (unpaired) electrons. The minimum atomic E-state index is 0.680. The zero-order valence-corrected chi connectivity index (χ0v) is 10.8. The molecule has 5 heteroatoms. The molecule has 0 spiro atoms. The summed E-state index contributed by atoms with van der Waals surface area (Å²) in [5, 5.41) is 1.20. The largest absolute Gasteiger partial charge is 0.479 e. The normalized spacial score (nSPS) is 10.8. The Morgan fingerprint density at radius 1 is 1.57 bits per heavy atom. The molecule has 2 rings (SSSR count). The highest BCUT2D eigenvalue weighted by atomic mass is 127. The average molecular weight is 320 g/mol. The van der Waals surface area contributed by atoms with Crippen molar-refractivity contribution >= 4 is 41.2 Å². The lowest BCUT2D eigenvalue weighted by atomic mass is 10.2. The van der Waals surface area contributed by atoms with Crippen molar-refractivity contribution in [3.05, 3.63) is 24.0 Å². The second-order valence-electron chi connectivity index (χ2n) is 2.92. The third-order valence-corrected chi connectivity index (χ3v) is 3.82. The highest BCUT2D eigenvalue weighted by Crippen LogP contribution is 2.32. The minimum Gasteiger partial charge on any atom is -0.479 e. The quantitative estimate of drug-likeness (QED) is 0.795. The van der Waals surface area contributed by atoms with Gasteiger partial charge < -0.3 is 4.74 Å². The molecule has 74 valence electrons. The highest BCUT2D eigenvalue weighted by Gasteiger charge is 2.10. The van der Waals surface area contributed by atoms with Gasteiger partial charge in [-0.3, -0.25) is 3.97 Å². The Kier molecular flexibility index (Phi) is 2.87. The van der Waals surface area contributed by atoms with E-state index in [1.165, 1.54) is 10.9 Å². The Morgan fingerprint density at radius 2 is 2.36 bits per heavy atom. The Bertz CT molecular complexity index is 469. The summed E-state index contributed by atoms with van der Waals surface area (Å²) in [6, 6.07) is 2.01. The van der Waals surface area contributed by atoms with Crippen molar-refractivity contribution < 1.29 is 4.74 Å². The first-order valence-corrected chi connectivity index (χ1v) is 7.39. The summed E-state index contributed by atoms with van der Waals surface area (Å²) >= 11 is 2.24. The average Bonchev–Trinajstić information content (AvgIpc) is 2.56. The first-order valence-electron chi connectivity index (χ1n) is 4.07. The van der Waals surface area contributed by atoms with Crippen LogP contribution in [0.5, 0.6) is 5.88 Å². The fourth-order valence-corrected chi connectivity index (χ4v) is 2.86. The van der Waals surface area contributed by atoms with Crippen LogP contribution < -0.4 is 4.74 Å². The predicted octanol–water partition coefficient (Wildman–Crippen LogP) is 3.20. The molecule has 0 atom stereocenters. The highest BCUT2D eigenvalue weighted by molar-refractivity contribution is 14.2. The van der Waals surface area contributed by atoms with Crippen LogP contribution in [0, 0.1) is 6.92 Å². The number of hydrogen-bond donors (Lipinski definition) is 0. The number of aryl methyl sites for hydroxylation is 1. The molecular weight excluding hydrogens is 311 g/mol. The molecule has 0 fully saturated rings. The Hall–Kier alpha value is -0.430. The van der Waals surface area contributed by atoms with Gasteiger partial charge in [0, 0.05) is 48.1 Å². The Balaban J connectivity index is 2.82. The van der Waals surface area contributed by atoms with Gasteiger partial charge in [-0.1, -0.05) is 0 Å². The van der Waals surface area contributed by atoms with Crippen LogP contribution in [0.1, 0.15) is 5.56 Å². The van der Waals surface area contributed by atoms with E-state index in [9.17, 15) is 0 Å². The molecule has 0 aliphatic heterocycles. The molecule has 0 saturated heterocycles. The first-order chi connectivity index (χ1) is 6.77. The summed E-state index contributed by atoms with van der Waals surface area (Å²) in [5.41, 5.74) is 2.29. The van der Waals surface area contributed by atoms with E-state index in [0.29, 0.717) is 5.88 Å². The number of hydrogen-bond acceptors (Lipinski definition) is 3. The molecule has 0 aliphatic carbocycles. The third-order valence-electron chi connectivity index (χ3n) is 2.11. The van der Waals surface area contributed by atoms with E-state index < -0.39 is 0 Å². The maximum Gasteiger partial charge on any atom is 0.239 e. The number of halogens is 1. The van der Waals surface area contributed by atoms with Gasteiger partial charge in [-0.25, -0.2) is 4.98 Å². The lowest BCUT2D eigenvalue weighted by Gasteiger charge is -2.03. The molecule has 3 nitrogen and oxygen atoms in total. The minimum absolute atomic E-state index is 0.680. The number of ether oxygens (including phenoxy) is 1. The molecule has 2 aromatic rings. The molecular formula is C9H9IN2OS. The number of aromatic nitrogens is 2. The summed E-state index contributed by atoms with van der Waals surface area (Å²) in [4.78, 5) is 4.19. The van der Waals surface area contributed by atoms with Crippen LogP contribution in [0.15, 0.2) is 18.5 Å².